The number of rotatable bonds is 7. The van der Waals surface area contributed by atoms with Gasteiger partial charge in [0.1, 0.15) is 0 Å². The number of carbonyl (C=O) groups excluding carboxylic acids is 1. The highest BCUT2D eigenvalue weighted by Crippen LogP contribution is 2.10. The summed E-state index contributed by atoms with van der Waals surface area (Å²) in [4.78, 5) is 22.4. The number of carboxylic acids is 1. The summed E-state index contributed by atoms with van der Waals surface area (Å²) >= 11 is 0. The third kappa shape index (κ3) is 5.73. The molecule has 0 spiro atoms. The Morgan fingerprint density at radius 1 is 1.40 bits per heavy atom. The summed E-state index contributed by atoms with van der Waals surface area (Å²) in [7, 11) is 1.77. The van der Waals surface area contributed by atoms with E-state index >= 15 is 0 Å². The van der Waals surface area contributed by atoms with Gasteiger partial charge in [-0.3, -0.25) is 9.48 Å². The van der Waals surface area contributed by atoms with Crippen molar-refractivity contribution in [3.63, 3.8) is 0 Å². The van der Waals surface area contributed by atoms with Crippen LogP contribution in [-0.4, -0.2) is 32.9 Å². The van der Waals surface area contributed by atoms with Crippen LogP contribution in [0, 0.1) is 5.92 Å². The summed E-state index contributed by atoms with van der Waals surface area (Å²) in [6.45, 7) is 3.59. The van der Waals surface area contributed by atoms with Crippen LogP contribution in [0.5, 0.6) is 0 Å². The lowest BCUT2D eigenvalue weighted by atomic mass is 10.0. The van der Waals surface area contributed by atoms with Gasteiger partial charge in [0.25, 0.3) is 0 Å². The molecule has 2 unspecified atom stereocenters. The van der Waals surface area contributed by atoms with E-state index in [1.807, 2.05) is 6.92 Å². The van der Waals surface area contributed by atoms with Gasteiger partial charge >= 0.3 is 12.0 Å². The number of nitrogens with one attached hydrogen (secondary N) is 2. The Hall–Kier alpha value is -2.05. The molecule has 2 atom stereocenters. The van der Waals surface area contributed by atoms with Crippen LogP contribution < -0.4 is 10.6 Å². The molecular weight excluding hydrogens is 260 g/mol. The molecule has 2 amide bonds. The van der Waals surface area contributed by atoms with E-state index in [2.05, 4.69) is 15.7 Å². The maximum Gasteiger partial charge on any atom is 0.319 e. The van der Waals surface area contributed by atoms with Gasteiger partial charge in [0.15, 0.2) is 0 Å². The largest absolute Gasteiger partial charge is 0.481 e. The van der Waals surface area contributed by atoms with E-state index in [-0.39, 0.29) is 18.0 Å². The van der Waals surface area contributed by atoms with Gasteiger partial charge in [0, 0.05) is 19.3 Å². The fourth-order valence-electron chi connectivity index (χ4n) is 1.80. The number of carboxylic acid groups (broad SMARTS) is 1. The number of nitrogens with zero attached hydrogens (tertiary/aromatic N) is 2. The number of aromatic nitrogens is 2. The second-order valence-electron chi connectivity index (χ2n) is 5.07. The number of carbonyl (C=O) groups is 2. The molecule has 7 heteroatoms. The van der Waals surface area contributed by atoms with E-state index in [0.29, 0.717) is 12.1 Å². The monoisotopic (exact) mass is 282 g/mol. The van der Waals surface area contributed by atoms with Crippen molar-refractivity contribution < 1.29 is 14.7 Å². The Bertz CT molecular complexity index is 458. The lowest BCUT2D eigenvalue weighted by molar-refractivity contribution is -0.141. The minimum absolute atomic E-state index is 0.00679. The van der Waals surface area contributed by atoms with Crippen LogP contribution in [0.1, 0.15) is 33.1 Å². The highest BCUT2D eigenvalue weighted by Gasteiger charge is 2.12. The molecule has 0 aliphatic rings. The highest BCUT2D eigenvalue weighted by molar-refractivity contribution is 5.89. The molecule has 20 heavy (non-hydrogen) atoms. The topological polar surface area (TPSA) is 96.2 Å². The molecule has 0 aliphatic carbocycles. The van der Waals surface area contributed by atoms with E-state index in [9.17, 15) is 9.59 Å². The van der Waals surface area contributed by atoms with Crippen LogP contribution >= 0.6 is 0 Å². The van der Waals surface area contributed by atoms with E-state index in [1.165, 1.54) is 0 Å². The summed E-state index contributed by atoms with van der Waals surface area (Å²) in [5.41, 5.74) is 0.636. The zero-order chi connectivity index (χ0) is 15.1. The van der Waals surface area contributed by atoms with E-state index in [1.54, 1.807) is 31.0 Å². The number of hydrogen-bond donors (Lipinski definition) is 3. The average Bonchev–Trinajstić information content (AvgIpc) is 2.73. The quantitative estimate of drug-likeness (QED) is 0.710. The molecule has 7 nitrogen and oxygen atoms in total. The molecule has 0 aliphatic heterocycles. The van der Waals surface area contributed by atoms with E-state index in [4.69, 9.17) is 5.11 Å². The third-order valence-corrected chi connectivity index (χ3v) is 3.04. The van der Waals surface area contributed by atoms with Gasteiger partial charge in [-0.05, 0) is 19.8 Å². The number of amides is 2. The first-order valence-electron chi connectivity index (χ1n) is 6.67. The number of aryl methyl sites for hydroxylation is 1. The van der Waals surface area contributed by atoms with Gasteiger partial charge in [-0.25, -0.2) is 4.79 Å². The summed E-state index contributed by atoms with van der Waals surface area (Å²) in [5.74, 6) is -1.12. The predicted molar refractivity (Wildman–Crippen MR) is 75.5 cm³/mol. The minimum atomic E-state index is -0.778. The average molecular weight is 282 g/mol. The van der Waals surface area contributed by atoms with Crippen LogP contribution in [0.3, 0.4) is 0 Å². The van der Waals surface area contributed by atoms with Crippen LogP contribution in [0.2, 0.25) is 0 Å². The predicted octanol–water partition coefficient (Wildman–Crippen LogP) is 1.82. The van der Waals surface area contributed by atoms with Crippen LogP contribution in [0.25, 0.3) is 0 Å². The van der Waals surface area contributed by atoms with E-state index in [0.717, 1.165) is 12.8 Å². The molecule has 112 valence electrons. The van der Waals surface area contributed by atoms with E-state index < -0.39 is 5.97 Å². The second kappa shape index (κ2) is 7.52. The summed E-state index contributed by atoms with van der Waals surface area (Å²) < 4.78 is 1.60. The molecule has 1 rings (SSSR count). The molecule has 1 aromatic heterocycles. The summed E-state index contributed by atoms with van der Waals surface area (Å²) in [6.07, 6.45) is 5.41. The van der Waals surface area contributed by atoms with Gasteiger partial charge < -0.3 is 15.7 Å². The molecule has 0 bridgehead atoms. The van der Waals surface area contributed by atoms with Crippen LogP contribution in [0.4, 0.5) is 10.5 Å². The van der Waals surface area contributed by atoms with Crippen molar-refractivity contribution in [1.29, 1.82) is 0 Å². The standard InChI is InChI=1S/C13H22N4O3/c1-9(12(18)19)5-4-6-10(2)15-13(20)16-11-7-14-17(3)8-11/h7-10H,4-6H2,1-3H3,(H,18,19)(H2,15,16,20). The first-order valence-corrected chi connectivity index (χ1v) is 6.67. The first kappa shape index (κ1) is 16.0. The molecule has 3 N–H and O–H groups in total. The van der Waals surface area contributed by atoms with Gasteiger partial charge in [-0.2, -0.15) is 5.10 Å². The third-order valence-electron chi connectivity index (χ3n) is 3.04. The minimum Gasteiger partial charge on any atom is -0.481 e. The Labute approximate surface area is 118 Å². The van der Waals surface area contributed by atoms with Crippen LogP contribution in [-0.2, 0) is 11.8 Å². The van der Waals surface area contributed by atoms with Gasteiger partial charge in [0.05, 0.1) is 17.8 Å². The Morgan fingerprint density at radius 2 is 2.10 bits per heavy atom. The molecule has 0 aromatic carbocycles. The fourth-order valence-corrected chi connectivity index (χ4v) is 1.80. The van der Waals surface area contributed by atoms with Crippen molar-refractivity contribution in [1.82, 2.24) is 15.1 Å². The first-order chi connectivity index (χ1) is 9.38. The van der Waals surface area contributed by atoms with Crippen LogP contribution in [0.15, 0.2) is 12.4 Å². The smallest absolute Gasteiger partial charge is 0.319 e. The van der Waals surface area contributed by atoms with Crippen molar-refractivity contribution in [3.8, 4) is 0 Å². The molecule has 1 heterocycles. The maximum atomic E-state index is 11.7. The Kier molecular flexibility index (Phi) is 6.02. The molecular formula is C13H22N4O3. The highest BCUT2D eigenvalue weighted by atomic mass is 16.4. The molecule has 0 radical (unpaired) electrons. The number of urea groups is 1. The van der Waals surface area contributed by atoms with Gasteiger partial charge in [0.2, 0.25) is 0 Å². The SMILES string of the molecule is CC(CCCC(C)C(=O)O)NC(=O)Nc1cnn(C)c1. The fraction of sp³-hybridized carbons (Fsp3) is 0.615. The molecule has 0 saturated heterocycles. The second-order valence-corrected chi connectivity index (χ2v) is 5.07. The maximum absolute atomic E-state index is 11.7. The number of anilines is 1. The normalized spacial score (nSPS) is 13.6. The Morgan fingerprint density at radius 3 is 2.65 bits per heavy atom. The van der Waals surface area contributed by atoms with Crippen molar-refractivity contribution >= 4 is 17.7 Å². The lowest BCUT2D eigenvalue weighted by Gasteiger charge is -2.14. The van der Waals surface area contributed by atoms with Crippen molar-refractivity contribution in [3.05, 3.63) is 12.4 Å². The molecule has 0 fully saturated rings. The zero-order valence-electron chi connectivity index (χ0n) is 12.1. The molecule has 0 saturated carbocycles. The summed E-state index contributed by atoms with van der Waals surface area (Å²) in [5, 5.41) is 18.2. The van der Waals surface area contributed by atoms with Crippen molar-refractivity contribution in [2.45, 2.75) is 39.2 Å². The van der Waals surface area contributed by atoms with Crippen molar-refractivity contribution in [2.75, 3.05) is 5.32 Å². The number of hydrogen-bond acceptors (Lipinski definition) is 3. The Balaban J connectivity index is 2.23. The zero-order valence-corrected chi connectivity index (χ0v) is 12.1. The van der Waals surface area contributed by atoms with Gasteiger partial charge in [-0.15, -0.1) is 0 Å². The summed E-state index contributed by atoms with van der Waals surface area (Å²) in [6, 6.07) is -0.288. The lowest BCUT2D eigenvalue weighted by Crippen LogP contribution is -2.36. The van der Waals surface area contributed by atoms with Crippen molar-refractivity contribution in [2.24, 2.45) is 13.0 Å². The number of aliphatic carboxylic acids is 1. The van der Waals surface area contributed by atoms with Gasteiger partial charge in [-0.1, -0.05) is 13.3 Å². The molecule has 1 aromatic rings.